The van der Waals surface area contributed by atoms with Gasteiger partial charge < -0.3 is 10.2 Å². The number of pyridine rings is 1. The van der Waals surface area contributed by atoms with Crippen LogP contribution in [0.5, 0.6) is 0 Å². The molecule has 1 N–H and O–H groups in total. The first-order valence-electron chi connectivity index (χ1n) is 11.5. The summed E-state index contributed by atoms with van der Waals surface area (Å²) < 4.78 is 0. The average molecular weight is 472 g/mol. The van der Waals surface area contributed by atoms with Crippen molar-refractivity contribution in [1.82, 2.24) is 19.9 Å². The lowest BCUT2D eigenvalue weighted by molar-refractivity contribution is 0.0727. The summed E-state index contributed by atoms with van der Waals surface area (Å²) in [7, 11) is -0.897. The zero-order valence-corrected chi connectivity index (χ0v) is 20.7. The molecule has 3 heterocycles. The van der Waals surface area contributed by atoms with Gasteiger partial charge in [0.25, 0.3) is 5.91 Å². The van der Waals surface area contributed by atoms with Crippen LogP contribution in [-0.4, -0.2) is 57.1 Å². The molecule has 0 bridgehead atoms. The van der Waals surface area contributed by atoms with E-state index in [-0.39, 0.29) is 5.91 Å². The van der Waals surface area contributed by atoms with Crippen LogP contribution >= 0.6 is 10.0 Å². The Morgan fingerprint density at radius 1 is 1.03 bits per heavy atom. The van der Waals surface area contributed by atoms with Crippen molar-refractivity contribution in [2.24, 2.45) is 0 Å². The fraction of sp³-hybridized carbons (Fsp3) is 0.333. The summed E-state index contributed by atoms with van der Waals surface area (Å²) in [5.74, 6) is 3.76. The van der Waals surface area contributed by atoms with Gasteiger partial charge in [0.05, 0.1) is 5.69 Å². The monoisotopic (exact) mass is 471 g/mol. The fourth-order valence-electron chi connectivity index (χ4n) is 4.37. The van der Waals surface area contributed by atoms with E-state index in [1.165, 1.54) is 11.1 Å². The molecule has 0 saturated carbocycles. The van der Waals surface area contributed by atoms with Gasteiger partial charge in [-0.15, -0.1) is 0 Å². The molecule has 34 heavy (non-hydrogen) atoms. The molecule has 2 aliphatic rings. The van der Waals surface area contributed by atoms with Gasteiger partial charge in [-0.3, -0.25) is 4.79 Å². The van der Waals surface area contributed by atoms with Crippen LogP contribution in [-0.2, 0) is 25.8 Å². The maximum absolute atomic E-state index is 13.0. The zero-order chi connectivity index (χ0) is 23.7. The molecule has 0 spiro atoms. The molecule has 1 amide bonds. The Hall–Kier alpha value is -3.37. The minimum atomic E-state index is -0.897. The summed E-state index contributed by atoms with van der Waals surface area (Å²) in [5.41, 5.74) is 6.09. The lowest BCUT2D eigenvalue weighted by atomic mass is 10.1. The second-order valence-corrected chi connectivity index (χ2v) is 13.5. The molecule has 174 valence electrons. The molecule has 1 aliphatic carbocycles. The molecular weight excluding hydrogens is 442 g/mol. The summed E-state index contributed by atoms with van der Waals surface area (Å²) in [6.45, 7) is 1.12. The summed E-state index contributed by atoms with van der Waals surface area (Å²) in [6, 6.07) is 12.5. The number of rotatable bonds is 3. The van der Waals surface area contributed by atoms with Gasteiger partial charge in [0.2, 0.25) is 5.95 Å². The second kappa shape index (κ2) is 9.11. The van der Waals surface area contributed by atoms with E-state index >= 15 is 0 Å². The highest BCUT2D eigenvalue weighted by atomic mass is 32.3. The number of anilines is 1. The summed E-state index contributed by atoms with van der Waals surface area (Å²) in [5, 5.41) is 6.77. The largest absolute Gasteiger partial charge is 0.351 e. The fourth-order valence-corrected chi connectivity index (χ4v) is 4.79. The molecule has 7 heteroatoms. The van der Waals surface area contributed by atoms with Crippen molar-refractivity contribution in [3.05, 3.63) is 82.4 Å². The third-order valence-electron chi connectivity index (χ3n) is 6.09. The highest BCUT2D eigenvalue weighted by Crippen LogP contribution is 2.32. The Morgan fingerprint density at radius 2 is 1.79 bits per heavy atom. The van der Waals surface area contributed by atoms with Crippen LogP contribution in [0, 0.1) is 11.2 Å². The quantitative estimate of drug-likeness (QED) is 0.591. The van der Waals surface area contributed by atoms with Gasteiger partial charge in [-0.05, 0) is 60.1 Å². The summed E-state index contributed by atoms with van der Waals surface area (Å²) >= 11 is 0. The van der Waals surface area contributed by atoms with Crippen molar-refractivity contribution >= 4 is 21.9 Å². The van der Waals surface area contributed by atoms with E-state index in [1.54, 1.807) is 12.3 Å². The molecule has 1 aliphatic heterocycles. The molecule has 0 unspecified atom stereocenters. The first kappa shape index (κ1) is 22.4. The van der Waals surface area contributed by atoms with Gasteiger partial charge >= 0.3 is 0 Å². The van der Waals surface area contributed by atoms with E-state index in [9.17, 15) is 4.79 Å². The highest BCUT2D eigenvalue weighted by molar-refractivity contribution is 8.35. The molecule has 0 saturated heterocycles. The first-order valence-corrected chi connectivity index (χ1v) is 14.3. The molecule has 0 fully saturated rings. The van der Waals surface area contributed by atoms with Crippen molar-refractivity contribution in [2.75, 3.05) is 30.6 Å². The van der Waals surface area contributed by atoms with Gasteiger partial charge in [0.1, 0.15) is 5.69 Å². The van der Waals surface area contributed by atoms with E-state index in [0.717, 1.165) is 29.7 Å². The number of fused-ring (bicyclic) bond motifs is 2. The van der Waals surface area contributed by atoms with E-state index in [0.29, 0.717) is 37.2 Å². The Balaban J connectivity index is 1.22. The first-order chi connectivity index (χ1) is 16.3. The van der Waals surface area contributed by atoms with E-state index < -0.39 is 10.0 Å². The SMILES string of the molecule is CS(C)(C)C#Cc1ccc(C(=O)N2CCc3nc(NC4Cc5ccccc5C4)ncc3C2)nc1. The van der Waals surface area contributed by atoms with Crippen LogP contribution in [0.25, 0.3) is 0 Å². The summed E-state index contributed by atoms with van der Waals surface area (Å²) in [4.78, 5) is 28.5. The number of carbonyl (C=O) groups is 1. The lowest BCUT2D eigenvalue weighted by Gasteiger charge is -2.28. The normalized spacial score (nSPS) is 15.7. The molecule has 5 rings (SSSR count). The van der Waals surface area contributed by atoms with Gasteiger partial charge in [0.15, 0.2) is 0 Å². The highest BCUT2D eigenvalue weighted by Gasteiger charge is 2.25. The average Bonchev–Trinajstić information content (AvgIpc) is 3.24. The standard InChI is InChI=1S/C27H29N5OS/c1-34(2,3)13-11-19-8-9-25(28-16-19)26(33)32-12-10-24-22(18-32)17-29-27(31-24)30-23-14-20-6-4-5-7-21(20)15-23/h4-9,16-17,23H,10,12,14-15,18H2,1-3H3,(H,29,30,31). The van der Waals surface area contributed by atoms with Crippen LogP contribution in [0.2, 0.25) is 0 Å². The van der Waals surface area contributed by atoms with Crippen molar-refractivity contribution in [2.45, 2.75) is 31.8 Å². The third-order valence-corrected chi connectivity index (χ3v) is 6.80. The number of hydrogen-bond acceptors (Lipinski definition) is 5. The van der Waals surface area contributed by atoms with E-state index in [1.807, 2.05) is 17.2 Å². The Morgan fingerprint density at radius 3 is 2.47 bits per heavy atom. The van der Waals surface area contributed by atoms with Crippen molar-refractivity contribution in [1.29, 1.82) is 0 Å². The second-order valence-electron chi connectivity index (χ2n) is 9.66. The molecule has 0 radical (unpaired) electrons. The number of nitrogens with zero attached hydrogens (tertiary/aromatic N) is 4. The number of hydrogen-bond donors (Lipinski definition) is 1. The predicted octanol–water partition coefficient (Wildman–Crippen LogP) is 3.65. The predicted molar refractivity (Wildman–Crippen MR) is 138 cm³/mol. The van der Waals surface area contributed by atoms with E-state index in [2.05, 4.69) is 69.5 Å². The third kappa shape index (κ3) is 5.07. The molecule has 0 atom stereocenters. The molecule has 3 aromatic rings. The number of aromatic nitrogens is 3. The van der Waals surface area contributed by atoms with Crippen molar-refractivity contribution in [3.8, 4) is 11.2 Å². The Kier molecular flexibility index (Phi) is 6.01. The molecular formula is C27H29N5OS. The van der Waals surface area contributed by atoms with E-state index in [4.69, 9.17) is 4.98 Å². The molecule has 6 nitrogen and oxygen atoms in total. The maximum atomic E-state index is 13.0. The van der Waals surface area contributed by atoms with Gasteiger partial charge in [-0.1, -0.05) is 30.2 Å². The summed E-state index contributed by atoms with van der Waals surface area (Å²) in [6.07, 6.45) is 12.7. The number of nitrogens with one attached hydrogen (secondary N) is 1. The van der Waals surface area contributed by atoms with Gasteiger partial charge in [-0.2, -0.15) is 10.0 Å². The number of amides is 1. The zero-order valence-electron chi connectivity index (χ0n) is 19.8. The Labute approximate surface area is 202 Å². The molecule has 1 aromatic carbocycles. The number of carbonyl (C=O) groups excluding carboxylic acids is 1. The Bertz CT molecular complexity index is 1260. The van der Waals surface area contributed by atoms with Crippen molar-refractivity contribution in [3.63, 3.8) is 0 Å². The van der Waals surface area contributed by atoms with Crippen LogP contribution in [0.4, 0.5) is 5.95 Å². The smallest absolute Gasteiger partial charge is 0.272 e. The number of benzene rings is 1. The van der Waals surface area contributed by atoms with Crippen LogP contribution in [0.1, 0.15) is 38.4 Å². The van der Waals surface area contributed by atoms with Crippen LogP contribution in [0.15, 0.2) is 48.8 Å². The van der Waals surface area contributed by atoms with Crippen LogP contribution < -0.4 is 5.32 Å². The van der Waals surface area contributed by atoms with Gasteiger partial charge in [0, 0.05) is 49.1 Å². The van der Waals surface area contributed by atoms with Crippen molar-refractivity contribution < 1.29 is 4.79 Å². The lowest BCUT2D eigenvalue weighted by Crippen LogP contribution is -2.37. The topological polar surface area (TPSA) is 71.0 Å². The minimum absolute atomic E-state index is 0.0717. The van der Waals surface area contributed by atoms with Gasteiger partial charge in [-0.25, -0.2) is 15.0 Å². The minimum Gasteiger partial charge on any atom is -0.351 e. The maximum Gasteiger partial charge on any atom is 0.272 e. The van der Waals surface area contributed by atoms with Crippen LogP contribution in [0.3, 0.4) is 0 Å². The molecule has 2 aromatic heterocycles.